The van der Waals surface area contributed by atoms with Crippen LogP contribution in [0.5, 0.6) is 0 Å². The van der Waals surface area contributed by atoms with Gasteiger partial charge in [0.25, 0.3) is 15.9 Å². The van der Waals surface area contributed by atoms with Gasteiger partial charge in [0.15, 0.2) is 0 Å². The Morgan fingerprint density at radius 1 is 1.07 bits per heavy atom. The molecule has 0 aliphatic heterocycles. The van der Waals surface area contributed by atoms with Gasteiger partial charge in [-0.2, -0.15) is 5.10 Å². The number of amides is 1. The zero-order valence-electron chi connectivity index (χ0n) is 16.1. The van der Waals surface area contributed by atoms with Gasteiger partial charge in [-0.05, 0) is 61.4 Å². The number of carbonyl (C=O) groups is 1. The maximum atomic E-state index is 13.2. The number of aryl methyl sites for hydroxylation is 2. The van der Waals surface area contributed by atoms with E-state index in [1.165, 1.54) is 24.6 Å². The van der Waals surface area contributed by atoms with E-state index in [1.54, 1.807) is 42.5 Å². The summed E-state index contributed by atoms with van der Waals surface area (Å²) in [7, 11) is -3.94. The Kier molecular flexibility index (Phi) is 6.13. The molecule has 0 aliphatic rings. The van der Waals surface area contributed by atoms with Gasteiger partial charge in [0.2, 0.25) is 0 Å². The molecule has 1 N–H and O–H groups in total. The standard InChI is InChI=1S/C21H21N3O4S/c1-16-10-11-18(13-17(16)2)24(29(26,27)20-8-4-3-5-9-20)15-21(25)23-22-14-19-7-6-12-28-19/h3-14H,15H2,1-2H3,(H,23,25)/b22-14-. The second kappa shape index (κ2) is 8.74. The molecule has 0 atom stereocenters. The lowest BCUT2D eigenvalue weighted by molar-refractivity contribution is -0.119. The molecule has 0 aliphatic carbocycles. The van der Waals surface area contributed by atoms with Crippen LogP contribution in [0.25, 0.3) is 0 Å². The SMILES string of the molecule is Cc1ccc(N(CC(=O)N/N=C\c2ccco2)S(=O)(=O)c2ccccc2)cc1C. The van der Waals surface area contributed by atoms with Crippen molar-refractivity contribution in [3.05, 3.63) is 83.8 Å². The molecule has 1 heterocycles. The third-order valence-electron chi connectivity index (χ3n) is 4.32. The number of hydrogen-bond donors (Lipinski definition) is 1. The van der Waals surface area contributed by atoms with Gasteiger partial charge in [-0.15, -0.1) is 0 Å². The van der Waals surface area contributed by atoms with E-state index in [4.69, 9.17) is 4.42 Å². The molecule has 0 bridgehead atoms. The fraction of sp³-hybridized carbons (Fsp3) is 0.143. The van der Waals surface area contributed by atoms with Gasteiger partial charge in [-0.25, -0.2) is 13.8 Å². The highest BCUT2D eigenvalue weighted by Gasteiger charge is 2.27. The van der Waals surface area contributed by atoms with Crippen LogP contribution in [-0.2, 0) is 14.8 Å². The monoisotopic (exact) mass is 411 g/mol. The Balaban J connectivity index is 1.88. The molecule has 0 saturated heterocycles. The number of hydrazone groups is 1. The molecule has 0 radical (unpaired) electrons. The summed E-state index contributed by atoms with van der Waals surface area (Å²) in [5, 5.41) is 3.81. The summed E-state index contributed by atoms with van der Waals surface area (Å²) in [6.45, 7) is 3.40. The van der Waals surface area contributed by atoms with E-state index in [0.717, 1.165) is 15.4 Å². The zero-order valence-corrected chi connectivity index (χ0v) is 16.9. The Bertz CT molecular complexity index is 1110. The minimum atomic E-state index is -3.94. The van der Waals surface area contributed by atoms with E-state index >= 15 is 0 Å². The summed E-state index contributed by atoms with van der Waals surface area (Å²) in [5.74, 6) is -0.112. The first-order valence-electron chi connectivity index (χ1n) is 8.88. The van der Waals surface area contributed by atoms with Crippen LogP contribution in [0, 0.1) is 13.8 Å². The summed E-state index contributed by atoms with van der Waals surface area (Å²) in [6, 6.07) is 16.6. The highest BCUT2D eigenvalue weighted by molar-refractivity contribution is 7.92. The molecular weight excluding hydrogens is 390 g/mol. The van der Waals surface area contributed by atoms with E-state index in [2.05, 4.69) is 10.5 Å². The normalized spacial score (nSPS) is 11.5. The Morgan fingerprint density at radius 2 is 1.83 bits per heavy atom. The van der Waals surface area contributed by atoms with Crippen LogP contribution in [0.3, 0.4) is 0 Å². The number of nitrogens with zero attached hydrogens (tertiary/aromatic N) is 2. The molecule has 1 aromatic heterocycles. The van der Waals surface area contributed by atoms with Crippen LogP contribution < -0.4 is 9.73 Å². The van der Waals surface area contributed by atoms with Gasteiger partial charge in [0.05, 0.1) is 23.1 Å². The number of anilines is 1. The predicted octanol–water partition coefficient (Wildman–Crippen LogP) is 3.24. The summed E-state index contributed by atoms with van der Waals surface area (Å²) in [5.41, 5.74) is 4.69. The van der Waals surface area contributed by atoms with Crippen molar-refractivity contribution in [3.63, 3.8) is 0 Å². The molecule has 0 unspecified atom stereocenters. The molecule has 7 nitrogen and oxygen atoms in total. The van der Waals surface area contributed by atoms with Crippen molar-refractivity contribution in [1.82, 2.24) is 5.43 Å². The minimum absolute atomic E-state index is 0.102. The molecule has 8 heteroatoms. The van der Waals surface area contributed by atoms with E-state index in [-0.39, 0.29) is 4.90 Å². The maximum Gasteiger partial charge on any atom is 0.264 e. The second-order valence-corrected chi connectivity index (χ2v) is 8.26. The lowest BCUT2D eigenvalue weighted by Crippen LogP contribution is -2.39. The topological polar surface area (TPSA) is 92.0 Å². The summed E-state index contributed by atoms with van der Waals surface area (Å²) in [6.07, 6.45) is 2.82. The van der Waals surface area contributed by atoms with Crippen LogP contribution in [-0.4, -0.2) is 27.1 Å². The van der Waals surface area contributed by atoms with E-state index in [0.29, 0.717) is 11.4 Å². The van der Waals surface area contributed by atoms with Crippen LogP contribution >= 0.6 is 0 Å². The van der Waals surface area contributed by atoms with Crippen molar-refractivity contribution in [3.8, 4) is 0 Å². The Labute approximate surface area is 169 Å². The van der Waals surface area contributed by atoms with Gasteiger partial charge < -0.3 is 4.42 Å². The van der Waals surface area contributed by atoms with E-state index in [1.807, 2.05) is 19.9 Å². The highest BCUT2D eigenvalue weighted by Crippen LogP contribution is 2.25. The first-order valence-corrected chi connectivity index (χ1v) is 10.3. The van der Waals surface area contributed by atoms with Crippen molar-refractivity contribution in [1.29, 1.82) is 0 Å². The first-order chi connectivity index (χ1) is 13.9. The van der Waals surface area contributed by atoms with Crippen molar-refractivity contribution >= 4 is 27.8 Å². The van der Waals surface area contributed by atoms with Crippen LogP contribution in [0.2, 0.25) is 0 Å². The van der Waals surface area contributed by atoms with E-state index in [9.17, 15) is 13.2 Å². The van der Waals surface area contributed by atoms with Crippen LogP contribution in [0.15, 0.2) is 81.3 Å². The molecule has 150 valence electrons. The largest absolute Gasteiger partial charge is 0.463 e. The quantitative estimate of drug-likeness (QED) is 0.477. The third-order valence-corrected chi connectivity index (χ3v) is 6.11. The minimum Gasteiger partial charge on any atom is -0.463 e. The molecule has 29 heavy (non-hydrogen) atoms. The van der Waals surface area contributed by atoms with Crippen molar-refractivity contribution in [2.24, 2.45) is 5.10 Å². The summed E-state index contributed by atoms with van der Waals surface area (Å²) >= 11 is 0. The zero-order chi connectivity index (χ0) is 20.9. The molecular formula is C21H21N3O4S. The van der Waals surface area contributed by atoms with Gasteiger partial charge in [0, 0.05) is 0 Å². The number of furan rings is 1. The van der Waals surface area contributed by atoms with Gasteiger partial charge in [-0.1, -0.05) is 24.3 Å². The fourth-order valence-corrected chi connectivity index (χ4v) is 4.05. The fourth-order valence-electron chi connectivity index (χ4n) is 2.61. The van der Waals surface area contributed by atoms with Crippen LogP contribution in [0.4, 0.5) is 5.69 Å². The number of sulfonamides is 1. The average molecular weight is 411 g/mol. The average Bonchev–Trinajstić information content (AvgIpc) is 3.22. The number of benzene rings is 2. The molecule has 0 spiro atoms. The number of hydrogen-bond acceptors (Lipinski definition) is 5. The van der Waals surface area contributed by atoms with Crippen molar-refractivity contribution in [2.75, 3.05) is 10.8 Å². The number of nitrogens with one attached hydrogen (secondary N) is 1. The molecule has 0 fully saturated rings. The Hall–Kier alpha value is -3.39. The first kappa shape index (κ1) is 20.3. The number of carbonyl (C=O) groups excluding carboxylic acids is 1. The van der Waals surface area contributed by atoms with Crippen molar-refractivity contribution < 1.29 is 17.6 Å². The Morgan fingerprint density at radius 3 is 2.48 bits per heavy atom. The highest BCUT2D eigenvalue weighted by atomic mass is 32.2. The number of rotatable bonds is 7. The molecule has 3 aromatic rings. The summed E-state index contributed by atoms with van der Waals surface area (Å²) < 4.78 is 32.6. The van der Waals surface area contributed by atoms with Gasteiger partial charge in [0.1, 0.15) is 12.3 Å². The molecule has 2 aromatic carbocycles. The molecule has 3 rings (SSSR count). The lowest BCUT2D eigenvalue weighted by Gasteiger charge is -2.24. The molecule has 0 saturated carbocycles. The third kappa shape index (κ3) is 4.91. The van der Waals surface area contributed by atoms with Crippen molar-refractivity contribution in [2.45, 2.75) is 18.7 Å². The second-order valence-electron chi connectivity index (χ2n) is 6.40. The maximum absolute atomic E-state index is 13.2. The van der Waals surface area contributed by atoms with Crippen LogP contribution in [0.1, 0.15) is 16.9 Å². The molecule has 1 amide bonds. The summed E-state index contributed by atoms with van der Waals surface area (Å²) in [4.78, 5) is 12.5. The predicted molar refractivity (Wildman–Crippen MR) is 111 cm³/mol. The van der Waals surface area contributed by atoms with E-state index < -0.39 is 22.5 Å². The smallest absolute Gasteiger partial charge is 0.264 e. The van der Waals surface area contributed by atoms with Gasteiger partial charge in [-0.3, -0.25) is 9.10 Å². The lowest BCUT2D eigenvalue weighted by atomic mass is 10.1. The van der Waals surface area contributed by atoms with Gasteiger partial charge >= 0.3 is 0 Å².